The van der Waals surface area contributed by atoms with Crippen LogP contribution in [0.2, 0.25) is 0 Å². The first-order chi connectivity index (χ1) is 7.16. The van der Waals surface area contributed by atoms with E-state index in [1.807, 2.05) is 6.92 Å². The van der Waals surface area contributed by atoms with Gasteiger partial charge in [0, 0.05) is 26.3 Å². The number of aryl methyl sites for hydroxylation is 1. The van der Waals surface area contributed by atoms with Crippen LogP contribution in [0.25, 0.3) is 0 Å². The number of hydrogen-bond donors (Lipinski definition) is 2. The van der Waals surface area contributed by atoms with Gasteiger partial charge in [-0.25, -0.2) is 4.98 Å². The number of fused-ring (bicyclic) bond motifs is 1. The Morgan fingerprint density at radius 1 is 1.73 bits per heavy atom. The quantitative estimate of drug-likeness (QED) is 0.779. The first-order valence-electron chi connectivity index (χ1n) is 5.08. The molecule has 1 unspecified atom stereocenters. The van der Waals surface area contributed by atoms with Crippen LogP contribution in [-0.2, 0) is 11.2 Å². The first-order valence-corrected chi connectivity index (χ1v) is 5.08. The van der Waals surface area contributed by atoms with Crippen LogP contribution in [0.3, 0.4) is 0 Å². The number of rotatable bonds is 3. The maximum Gasteiger partial charge on any atom is 0.303 e. The van der Waals surface area contributed by atoms with Crippen LogP contribution >= 0.6 is 0 Å². The van der Waals surface area contributed by atoms with E-state index in [2.05, 4.69) is 10.3 Å². The molecule has 1 aliphatic rings. The summed E-state index contributed by atoms with van der Waals surface area (Å²) in [6.07, 6.45) is 1.56. The third kappa shape index (κ3) is 2.18. The fourth-order valence-electron chi connectivity index (χ4n) is 1.90. The first kappa shape index (κ1) is 10.2. The maximum atomic E-state index is 10.5. The van der Waals surface area contributed by atoms with E-state index in [1.54, 1.807) is 0 Å². The van der Waals surface area contributed by atoms with E-state index < -0.39 is 5.97 Å². The Morgan fingerprint density at radius 2 is 2.53 bits per heavy atom. The second-order valence-corrected chi connectivity index (χ2v) is 3.73. The average Bonchev–Trinajstić information content (AvgIpc) is 2.55. The molecule has 0 bridgehead atoms. The zero-order valence-electron chi connectivity index (χ0n) is 8.62. The minimum Gasteiger partial charge on any atom is -0.481 e. The summed E-state index contributed by atoms with van der Waals surface area (Å²) in [6.45, 7) is 2.65. The van der Waals surface area contributed by atoms with Crippen LogP contribution in [0.4, 0.5) is 0 Å². The van der Waals surface area contributed by atoms with Crippen LogP contribution in [0, 0.1) is 6.92 Å². The molecule has 0 aliphatic carbocycles. The molecule has 15 heavy (non-hydrogen) atoms. The van der Waals surface area contributed by atoms with Gasteiger partial charge in [-0.15, -0.1) is 0 Å². The molecule has 0 spiro atoms. The highest BCUT2D eigenvalue weighted by molar-refractivity contribution is 5.66. The zero-order chi connectivity index (χ0) is 10.8. The van der Waals surface area contributed by atoms with Gasteiger partial charge >= 0.3 is 5.97 Å². The molecule has 1 aromatic heterocycles. The van der Waals surface area contributed by atoms with E-state index in [9.17, 15) is 4.79 Å². The Kier molecular flexibility index (Phi) is 2.73. The summed E-state index contributed by atoms with van der Waals surface area (Å²) in [7, 11) is 0. The van der Waals surface area contributed by atoms with E-state index in [-0.39, 0.29) is 12.5 Å². The lowest BCUT2D eigenvalue weighted by Gasteiger charge is -2.20. The number of aromatic nitrogens is 1. The van der Waals surface area contributed by atoms with E-state index in [1.165, 1.54) is 0 Å². The molecule has 2 heterocycles. The van der Waals surface area contributed by atoms with Crippen LogP contribution in [0.1, 0.15) is 36.2 Å². The van der Waals surface area contributed by atoms with Crippen molar-refractivity contribution in [3.63, 3.8) is 0 Å². The standard InChI is InChI=1S/C10H14N2O3/c1-6-12-8-4-5-11-7(10(8)15-6)2-3-9(13)14/h7,11H,2-5H2,1H3,(H,13,14). The SMILES string of the molecule is Cc1nc2c(o1)C(CCC(=O)O)NCC2. The number of aliphatic carboxylic acids is 1. The van der Waals surface area contributed by atoms with Crippen LogP contribution in [0.15, 0.2) is 4.42 Å². The van der Waals surface area contributed by atoms with Crippen LogP contribution < -0.4 is 5.32 Å². The van der Waals surface area contributed by atoms with E-state index in [4.69, 9.17) is 9.52 Å². The molecule has 0 radical (unpaired) electrons. The Morgan fingerprint density at radius 3 is 3.27 bits per heavy atom. The van der Waals surface area contributed by atoms with Crippen molar-refractivity contribution in [1.82, 2.24) is 10.3 Å². The summed E-state index contributed by atoms with van der Waals surface area (Å²) < 4.78 is 5.48. The summed E-state index contributed by atoms with van der Waals surface area (Å²) in [4.78, 5) is 14.8. The molecule has 82 valence electrons. The Labute approximate surface area is 87.5 Å². The van der Waals surface area contributed by atoms with Crippen molar-refractivity contribution in [3.05, 3.63) is 17.3 Å². The average molecular weight is 210 g/mol. The molecule has 5 heteroatoms. The molecule has 0 saturated carbocycles. The van der Waals surface area contributed by atoms with Crippen molar-refractivity contribution in [3.8, 4) is 0 Å². The molecule has 0 fully saturated rings. The third-order valence-electron chi connectivity index (χ3n) is 2.55. The summed E-state index contributed by atoms with van der Waals surface area (Å²) >= 11 is 0. The molecule has 0 saturated heterocycles. The number of hydrogen-bond acceptors (Lipinski definition) is 4. The smallest absolute Gasteiger partial charge is 0.303 e. The van der Waals surface area contributed by atoms with Crippen molar-refractivity contribution >= 4 is 5.97 Å². The van der Waals surface area contributed by atoms with Gasteiger partial charge in [-0.3, -0.25) is 4.79 Å². The lowest BCUT2D eigenvalue weighted by molar-refractivity contribution is -0.137. The highest BCUT2D eigenvalue weighted by atomic mass is 16.4. The molecular weight excluding hydrogens is 196 g/mol. The second kappa shape index (κ2) is 4.02. The molecular formula is C10H14N2O3. The minimum absolute atomic E-state index is 0.00560. The van der Waals surface area contributed by atoms with Crippen LogP contribution in [-0.4, -0.2) is 22.6 Å². The summed E-state index contributed by atoms with van der Waals surface area (Å²) in [5.41, 5.74) is 0.974. The van der Waals surface area contributed by atoms with E-state index in [0.717, 1.165) is 24.4 Å². The Balaban J connectivity index is 2.11. The lowest BCUT2D eigenvalue weighted by atomic mass is 10.0. The van der Waals surface area contributed by atoms with E-state index in [0.29, 0.717) is 12.3 Å². The highest BCUT2D eigenvalue weighted by Crippen LogP contribution is 2.26. The van der Waals surface area contributed by atoms with Gasteiger partial charge in [0.2, 0.25) is 0 Å². The van der Waals surface area contributed by atoms with Gasteiger partial charge in [-0.2, -0.15) is 0 Å². The van der Waals surface area contributed by atoms with Gasteiger partial charge in [-0.1, -0.05) is 0 Å². The Bertz CT molecular complexity index is 373. The molecule has 1 aliphatic heterocycles. The fraction of sp³-hybridized carbons (Fsp3) is 0.600. The van der Waals surface area contributed by atoms with Gasteiger partial charge in [0.25, 0.3) is 0 Å². The summed E-state index contributed by atoms with van der Waals surface area (Å²) in [5, 5.41) is 11.9. The van der Waals surface area contributed by atoms with Gasteiger partial charge in [0.05, 0.1) is 11.7 Å². The monoisotopic (exact) mass is 210 g/mol. The predicted octanol–water partition coefficient (Wildman–Crippen LogP) is 1.03. The highest BCUT2D eigenvalue weighted by Gasteiger charge is 2.25. The van der Waals surface area contributed by atoms with Crippen LogP contribution in [0.5, 0.6) is 0 Å². The number of carboxylic acids is 1. The van der Waals surface area contributed by atoms with E-state index >= 15 is 0 Å². The zero-order valence-corrected chi connectivity index (χ0v) is 8.62. The number of nitrogens with zero attached hydrogens (tertiary/aromatic N) is 1. The number of oxazole rings is 1. The molecule has 1 atom stereocenters. The maximum absolute atomic E-state index is 10.5. The molecule has 0 amide bonds. The number of nitrogens with one attached hydrogen (secondary N) is 1. The van der Waals surface area contributed by atoms with Gasteiger partial charge < -0.3 is 14.8 Å². The van der Waals surface area contributed by atoms with Crippen molar-refractivity contribution < 1.29 is 14.3 Å². The molecule has 0 aromatic carbocycles. The number of carbonyl (C=O) groups is 1. The van der Waals surface area contributed by atoms with Gasteiger partial charge in [-0.05, 0) is 6.42 Å². The topological polar surface area (TPSA) is 75.4 Å². The largest absolute Gasteiger partial charge is 0.481 e. The van der Waals surface area contributed by atoms with Crippen molar-refractivity contribution in [1.29, 1.82) is 0 Å². The van der Waals surface area contributed by atoms with Gasteiger partial charge in [0.15, 0.2) is 5.89 Å². The van der Waals surface area contributed by atoms with Crippen molar-refractivity contribution in [2.45, 2.75) is 32.2 Å². The normalized spacial score (nSPS) is 19.9. The Hall–Kier alpha value is -1.36. The number of carboxylic acid groups (broad SMARTS) is 1. The molecule has 2 rings (SSSR count). The van der Waals surface area contributed by atoms with Crippen molar-refractivity contribution in [2.24, 2.45) is 0 Å². The molecule has 5 nitrogen and oxygen atoms in total. The van der Waals surface area contributed by atoms with Crippen molar-refractivity contribution in [2.75, 3.05) is 6.54 Å². The molecule has 2 N–H and O–H groups in total. The summed E-state index contributed by atoms with van der Waals surface area (Å²) in [6, 6.07) is 0.00560. The molecule has 1 aromatic rings. The third-order valence-corrected chi connectivity index (χ3v) is 2.55. The predicted molar refractivity (Wildman–Crippen MR) is 52.6 cm³/mol. The fourth-order valence-corrected chi connectivity index (χ4v) is 1.90. The van der Waals surface area contributed by atoms with Gasteiger partial charge in [0.1, 0.15) is 5.76 Å². The lowest BCUT2D eigenvalue weighted by Crippen LogP contribution is -2.29. The minimum atomic E-state index is -0.778. The second-order valence-electron chi connectivity index (χ2n) is 3.73. The summed E-state index contributed by atoms with van der Waals surface area (Å²) in [5.74, 6) is 0.698.